The Hall–Kier alpha value is -16.7. The van der Waals surface area contributed by atoms with Crippen LogP contribution in [0.4, 0.5) is 8.78 Å². The Morgan fingerprint density at radius 2 is 0.693 bits per heavy atom. The molecule has 7 aromatic rings. The minimum absolute atomic E-state index is 0.0104. The number of hydrogen-bond acceptors (Lipinski definition) is 30. The molecule has 0 spiro atoms. The first-order valence-corrected chi connectivity index (χ1v) is 42.8. The Balaban J connectivity index is 0.000000122. The molecule has 0 fully saturated rings. The van der Waals surface area contributed by atoms with Gasteiger partial charge in [-0.3, -0.25) is 67.6 Å². The van der Waals surface area contributed by atoms with Gasteiger partial charge in [-0.05, 0) is 184 Å². The summed E-state index contributed by atoms with van der Waals surface area (Å²) in [6.45, 7) is 18.3. The lowest BCUT2D eigenvalue weighted by atomic mass is 10.1. The zero-order valence-corrected chi connectivity index (χ0v) is 75.9. The molecule has 137 heavy (non-hydrogen) atoms. The summed E-state index contributed by atoms with van der Waals surface area (Å²) >= 11 is 18.2. The molecular weight excluding hydrogens is 1850 g/mol. The number of aromatic amines is 5. The zero-order valence-electron chi connectivity index (χ0n) is 73.6. The molecule has 37 nitrogen and oxygen atoms in total. The topological polar surface area (TPSA) is 528 Å². The van der Waals surface area contributed by atoms with Crippen molar-refractivity contribution in [2.75, 3.05) is 13.7 Å². The van der Waals surface area contributed by atoms with Crippen LogP contribution < -0.4 is 88.2 Å². The number of H-pyrrole nitrogens is 5. The van der Waals surface area contributed by atoms with Crippen molar-refractivity contribution >= 4 is 112 Å². The minimum atomic E-state index is -0.769. The molecule has 7 aromatic carbocycles. The molecule has 0 atom stereocenters. The Kier molecular flexibility index (Phi) is 27.5. The molecule has 14 aliphatic rings. The van der Waals surface area contributed by atoms with Crippen molar-refractivity contribution in [3.8, 4) is 91.7 Å². The van der Waals surface area contributed by atoms with Crippen LogP contribution in [-0.2, 0) is 13.1 Å². The van der Waals surface area contributed by atoms with Crippen LogP contribution in [0.1, 0.15) is 81.2 Å². The Morgan fingerprint density at radius 1 is 0.358 bits per heavy atom. The van der Waals surface area contributed by atoms with Gasteiger partial charge in [0.05, 0.1) is 23.8 Å². The third-order valence-electron chi connectivity index (χ3n) is 21.0. The fraction of sp³-hybridized carbons (Fsp3) is 0.189. The van der Waals surface area contributed by atoms with E-state index >= 15 is 0 Å². The molecule has 14 aliphatic heterocycles. The highest BCUT2D eigenvalue weighted by atomic mass is 35.5. The number of aromatic nitrogens is 14. The van der Waals surface area contributed by atoms with Gasteiger partial charge in [0.25, 0.3) is 38.9 Å². The maximum absolute atomic E-state index is 13.4. The molecule has 14 heterocycles. The summed E-state index contributed by atoms with van der Waals surface area (Å²) in [5, 5.41) is 5.90. The number of nitrogens with one attached hydrogen (secondary N) is 5. The van der Waals surface area contributed by atoms with Crippen molar-refractivity contribution in [3.63, 3.8) is 0 Å². The molecule has 0 radical (unpaired) electrons. The van der Waals surface area contributed by atoms with Crippen LogP contribution >= 0.6 is 34.8 Å². The summed E-state index contributed by atoms with van der Waals surface area (Å²) in [5.74, 6) is 0.817. The number of fused-ring (bicyclic) bond motifs is 14. The van der Waals surface area contributed by atoms with Crippen LogP contribution in [0.5, 0.6) is 11.5 Å². The van der Waals surface area contributed by atoms with E-state index in [4.69, 9.17) is 75.2 Å². The molecule has 0 amide bonds. The highest BCUT2D eigenvalue weighted by Crippen LogP contribution is 2.37. The fourth-order valence-electron chi connectivity index (χ4n) is 13.9. The summed E-state index contributed by atoms with van der Waals surface area (Å²) in [4.78, 5) is 199. The molecule has 0 aliphatic carbocycles. The third-order valence-corrected chi connectivity index (χ3v) is 22.2. The Bertz CT molecular complexity index is 8650. The van der Waals surface area contributed by atoms with Crippen molar-refractivity contribution in [2.45, 2.75) is 101 Å². The van der Waals surface area contributed by atoms with E-state index in [9.17, 15) is 75.9 Å². The van der Waals surface area contributed by atoms with E-state index in [0.29, 0.717) is 135 Å². The van der Waals surface area contributed by atoms with Gasteiger partial charge in [-0.25, -0.2) is 42.3 Å². The number of ether oxygens (including phenoxy) is 2. The maximum Gasteiger partial charge on any atom is 0.353 e. The molecule has 0 saturated carbocycles. The lowest BCUT2D eigenvalue weighted by molar-refractivity contribution is 0.271. The van der Waals surface area contributed by atoms with Gasteiger partial charge in [-0.15, -0.1) is 0 Å². The zero-order chi connectivity index (χ0) is 98.0. The van der Waals surface area contributed by atoms with E-state index in [-0.39, 0.29) is 91.8 Å². The van der Waals surface area contributed by atoms with E-state index in [1.807, 2.05) is 74.9 Å². The van der Waals surface area contributed by atoms with Gasteiger partial charge in [-0.1, -0.05) is 99.6 Å². The van der Waals surface area contributed by atoms with Gasteiger partial charge in [0.1, 0.15) is 95.6 Å². The van der Waals surface area contributed by atoms with E-state index in [1.54, 1.807) is 86.6 Å². The largest absolute Gasteiger partial charge is 0.495 e. The molecule has 696 valence electrons. The lowest BCUT2D eigenvalue weighted by Gasteiger charge is -2.10. The maximum atomic E-state index is 13.4. The van der Waals surface area contributed by atoms with Gasteiger partial charge in [0, 0.05) is 67.9 Å². The number of unbranched alkanes of at least 4 members (excludes halogenated alkanes) is 2. The first-order chi connectivity index (χ1) is 65.4. The summed E-state index contributed by atoms with van der Waals surface area (Å²) in [7, 11) is 1.49. The summed E-state index contributed by atoms with van der Waals surface area (Å²) in [6, 6.07) is 38.1. The van der Waals surface area contributed by atoms with E-state index < -0.39 is 73.2 Å². The second-order valence-electron chi connectivity index (χ2n) is 31.5. The normalized spacial score (nSPS) is 11.3. The summed E-state index contributed by atoms with van der Waals surface area (Å²) in [5.41, 5.74) is 0.0514. The Labute approximate surface area is 777 Å². The molecule has 21 rings (SSSR count). The summed E-state index contributed by atoms with van der Waals surface area (Å²) in [6.07, 6.45) is 3.29. The minimum Gasteiger partial charge on any atom is -0.495 e. The van der Waals surface area contributed by atoms with E-state index in [1.165, 1.54) is 48.1 Å². The number of rotatable bonds is 10. The van der Waals surface area contributed by atoms with Crippen LogP contribution in [0.3, 0.4) is 0 Å². The molecule has 5 N–H and O–H groups in total. The smallest absolute Gasteiger partial charge is 0.353 e. The molecule has 0 saturated heterocycles. The van der Waals surface area contributed by atoms with Crippen molar-refractivity contribution in [3.05, 3.63) is 340 Å². The second-order valence-corrected chi connectivity index (χ2v) is 32.7. The van der Waals surface area contributed by atoms with Crippen LogP contribution in [0, 0.1) is 52.2 Å². The van der Waals surface area contributed by atoms with Gasteiger partial charge in [0.2, 0.25) is 41.2 Å². The predicted molar refractivity (Wildman–Crippen MR) is 505 cm³/mol. The van der Waals surface area contributed by atoms with Gasteiger partial charge < -0.3 is 40.4 Å². The molecule has 0 aromatic heterocycles. The van der Waals surface area contributed by atoms with Crippen LogP contribution in [-0.4, -0.2) is 82.7 Å². The molecule has 42 heteroatoms. The number of nitrogens with zero attached hydrogens (tertiary/aromatic N) is 9. The average molecular weight is 1920 g/mol. The predicted octanol–water partition coefficient (Wildman–Crippen LogP) is 14.2. The molecule has 0 bridgehead atoms. The summed E-state index contributed by atoms with van der Waals surface area (Å²) < 4.78 is 78.3. The third kappa shape index (κ3) is 20.8. The lowest BCUT2D eigenvalue weighted by Crippen LogP contribution is -2.36. The second kappa shape index (κ2) is 39.6. The van der Waals surface area contributed by atoms with Gasteiger partial charge >= 0.3 is 39.8 Å². The SMILES string of the molecule is CC(C)COc1ccc2cc3c(=O)[nH]c(=O)nc-3oc2c1.CCCCn1c(=O)nc2oc3cc(C)ccc3cc-2c1=O.CCCCn1c(=O)nc2oc3cc(OC)c(Cl)cc3cc-2c1=O.Cc1cc2oc3nc(=O)[nH]c(=O)c-3cc2cc1Cl.Cc1cc2oc3nc(=O)[nH]c(=O)c-3cc2cc1F.Cc1cc2oc3nc(=O)[nH]c(=O)c-3cc2cc1F.Cc1ccc2cc3c(=O)[nH]c(=O)nc-3oc2c1Cl. The molecular formula is C95H73Cl3F2N14O23. The van der Waals surface area contributed by atoms with Crippen LogP contribution in [0.2, 0.25) is 15.1 Å². The highest BCUT2D eigenvalue weighted by molar-refractivity contribution is 6.35. The standard InChI is InChI=1S/C16H15ClN2O4.C16H16N2O3.C15H14N2O4.2C12H7ClN2O3.2C12H7FN2O3/c1-3-4-5-19-15(20)10-6-9-7-11(17)13(22-2)8-12(9)23-14(10)18-16(19)21;1-3-4-7-18-15(19)12-9-11-6-5-10(2)8-13(11)21-14(12)17-16(18)20;1-8(2)7-20-10-4-3-9-5-11-13(18)16-15(19)17-14(11)21-12(9)6-10;1-5-2-9-6(4-8(5)13)3-7-10(16)14-12(17)15-11(7)18-9;1-5-2-3-6-4-7-10(16)14-12(17)15-11(7)18-9(6)8(5)13;2*1-5-2-9-6(4-8(5)13)3-7-10(16)14-12(17)15-11(7)18-9/h6-8H,3-5H2,1-2H3;5-6,8-9H,3-4,7H2,1-2H3;3-6,8H,7H2,1-2H3,(H,16,18,19);4*2-4H,1H3,(H,14,16,17). The quantitative estimate of drug-likeness (QED) is 0.0794. The van der Waals surface area contributed by atoms with E-state index in [2.05, 4.69) is 63.7 Å². The van der Waals surface area contributed by atoms with Crippen LogP contribution in [0.25, 0.3) is 157 Å². The van der Waals surface area contributed by atoms with Crippen molar-refractivity contribution < 1.29 is 49.2 Å². The van der Waals surface area contributed by atoms with E-state index in [0.717, 1.165) is 57.7 Å². The average Bonchev–Trinajstić information content (AvgIpc) is 0.740. The Morgan fingerprint density at radius 3 is 1.11 bits per heavy atom. The van der Waals surface area contributed by atoms with Crippen molar-refractivity contribution in [1.29, 1.82) is 0 Å². The van der Waals surface area contributed by atoms with Crippen molar-refractivity contribution in [2.24, 2.45) is 5.92 Å². The first-order valence-electron chi connectivity index (χ1n) is 41.7. The monoisotopic (exact) mass is 1920 g/mol. The number of methoxy groups -OCH3 is 1. The number of hydrogen-bond donors (Lipinski definition) is 5. The van der Waals surface area contributed by atoms with Gasteiger partial charge in [0.15, 0.2) is 5.58 Å². The van der Waals surface area contributed by atoms with Gasteiger partial charge in [-0.2, -0.15) is 34.9 Å². The number of aryl methyl sites for hydroxylation is 5. The van der Waals surface area contributed by atoms with Crippen molar-refractivity contribution in [1.82, 2.24) is 68.9 Å². The number of benzene rings is 7. The first kappa shape index (κ1) is 94.9. The highest BCUT2D eigenvalue weighted by Gasteiger charge is 2.25. The number of halogens is 5. The van der Waals surface area contributed by atoms with Crippen LogP contribution in [0.15, 0.2) is 238 Å². The fourth-order valence-corrected chi connectivity index (χ4v) is 14.5. The molecule has 0 unspecified atom stereocenters.